The van der Waals surface area contributed by atoms with Gasteiger partial charge in [-0.25, -0.2) is 0 Å². The minimum Gasteiger partial charge on any atom is -0.491 e. The van der Waals surface area contributed by atoms with Crippen LogP contribution in [0, 0.1) is 6.92 Å². The lowest BCUT2D eigenvalue weighted by molar-refractivity contribution is -0.0402. The van der Waals surface area contributed by atoms with Gasteiger partial charge in [-0.2, -0.15) is 0 Å². The van der Waals surface area contributed by atoms with Gasteiger partial charge < -0.3 is 14.4 Å². The Balaban J connectivity index is 1.58. The highest BCUT2D eigenvalue weighted by Crippen LogP contribution is 2.18. The molecule has 0 saturated carbocycles. The molecule has 2 aromatic rings. The van der Waals surface area contributed by atoms with Crippen LogP contribution in [-0.2, 0) is 4.74 Å². The zero-order valence-electron chi connectivity index (χ0n) is 13.3. The van der Waals surface area contributed by atoms with Gasteiger partial charge in [-0.1, -0.05) is 36.4 Å². The fourth-order valence-corrected chi connectivity index (χ4v) is 2.67. The molecule has 0 aromatic heterocycles. The second-order valence-corrected chi connectivity index (χ2v) is 5.69. The van der Waals surface area contributed by atoms with Crippen LogP contribution in [0.3, 0.4) is 0 Å². The molecule has 1 amide bonds. The van der Waals surface area contributed by atoms with Crippen molar-refractivity contribution in [2.75, 3.05) is 26.3 Å². The topological polar surface area (TPSA) is 38.8 Å². The smallest absolute Gasteiger partial charge is 0.254 e. The molecule has 0 bridgehead atoms. The van der Waals surface area contributed by atoms with E-state index in [1.165, 1.54) is 0 Å². The SMILES string of the molecule is Cc1ccccc1OC[C@H]1CN(C(=O)c2ccccc2)CCO1. The van der Waals surface area contributed by atoms with Crippen molar-refractivity contribution >= 4 is 5.91 Å². The van der Waals surface area contributed by atoms with Crippen molar-refractivity contribution in [2.45, 2.75) is 13.0 Å². The lowest BCUT2D eigenvalue weighted by Gasteiger charge is -2.33. The molecule has 1 atom stereocenters. The molecule has 2 aromatic carbocycles. The van der Waals surface area contributed by atoms with Crippen LogP contribution < -0.4 is 4.74 Å². The summed E-state index contributed by atoms with van der Waals surface area (Å²) in [5.41, 5.74) is 1.81. The normalized spacial score (nSPS) is 17.8. The van der Waals surface area contributed by atoms with Crippen LogP contribution in [0.2, 0.25) is 0 Å². The van der Waals surface area contributed by atoms with Gasteiger partial charge >= 0.3 is 0 Å². The van der Waals surface area contributed by atoms with Crippen molar-refractivity contribution in [3.05, 3.63) is 65.7 Å². The molecule has 4 heteroatoms. The molecule has 0 aliphatic carbocycles. The van der Waals surface area contributed by atoms with Crippen molar-refractivity contribution in [1.82, 2.24) is 4.90 Å². The number of nitrogens with zero attached hydrogens (tertiary/aromatic N) is 1. The third-order valence-corrected chi connectivity index (χ3v) is 3.97. The van der Waals surface area contributed by atoms with Gasteiger partial charge in [0.15, 0.2) is 0 Å². The monoisotopic (exact) mass is 311 g/mol. The summed E-state index contributed by atoms with van der Waals surface area (Å²) in [6, 6.07) is 17.3. The third kappa shape index (κ3) is 3.90. The first-order valence-corrected chi connectivity index (χ1v) is 7.88. The molecule has 1 fully saturated rings. The van der Waals surface area contributed by atoms with E-state index in [0.29, 0.717) is 31.9 Å². The quantitative estimate of drug-likeness (QED) is 0.871. The molecule has 0 unspecified atom stereocenters. The van der Waals surface area contributed by atoms with E-state index in [1.807, 2.05) is 66.4 Å². The van der Waals surface area contributed by atoms with Crippen molar-refractivity contribution < 1.29 is 14.3 Å². The molecule has 120 valence electrons. The van der Waals surface area contributed by atoms with Gasteiger partial charge in [-0.05, 0) is 30.7 Å². The number of amides is 1. The average Bonchev–Trinajstić information content (AvgIpc) is 2.61. The van der Waals surface area contributed by atoms with E-state index < -0.39 is 0 Å². The fourth-order valence-electron chi connectivity index (χ4n) is 2.67. The summed E-state index contributed by atoms with van der Waals surface area (Å²) in [5, 5.41) is 0. The van der Waals surface area contributed by atoms with Crippen molar-refractivity contribution in [1.29, 1.82) is 0 Å². The average molecular weight is 311 g/mol. The van der Waals surface area contributed by atoms with E-state index in [2.05, 4.69) is 0 Å². The van der Waals surface area contributed by atoms with Gasteiger partial charge in [-0.15, -0.1) is 0 Å². The van der Waals surface area contributed by atoms with E-state index in [9.17, 15) is 4.79 Å². The summed E-state index contributed by atoms with van der Waals surface area (Å²) < 4.78 is 11.6. The van der Waals surface area contributed by atoms with E-state index in [4.69, 9.17) is 9.47 Å². The number of aryl methyl sites for hydroxylation is 1. The number of benzene rings is 2. The highest BCUT2D eigenvalue weighted by Gasteiger charge is 2.25. The Bertz CT molecular complexity index is 657. The number of carbonyl (C=O) groups is 1. The Morgan fingerprint density at radius 2 is 1.91 bits per heavy atom. The molecule has 3 rings (SSSR count). The van der Waals surface area contributed by atoms with Crippen LogP contribution in [-0.4, -0.2) is 43.2 Å². The van der Waals surface area contributed by atoms with Gasteiger partial charge in [0, 0.05) is 12.1 Å². The molecule has 1 saturated heterocycles. The first-order valence-electron chi connectivity index (χ1n) is 7.88. The summed E-state index contributed by atoms with van der Waals surface area (Å²) in [4.78, 5) is 14.3. The molecule has 23 heavy (non-hydrogen) atoms. The molecule has 0 N–H and O–H groups in total. The summed E-state index contributed by atoms with van der Waals surface area (Å²) in [7, 11) is 0. The van der Waals surface area contributed by atoms with Crippen LogP contribution in [0.15, 0.2) is 54.6 Å². The number of ether oxygens (including phenoxy) is 2. The summed E-state index contributed by atoms with van der Waals surface area (Å²) in [6.07, 6.45) is -0.101. The molecule has 1 heterocycles. The number of morpholine rings is 1. The summed E-state index contributed by atoms with van der Waals surface area (Å²) >= 11 is 0. The molecular weight excluding hydrogens is 290 g/mol. The standard InChI is InChI=1S/C19H21NO3/c1-15-7-5-6-10-18(15)23-14-17-13-20(11-12-22-17)19(21)16-8-3-2-4-9-16/h2-10,17H,11-14H2,1H3/t17-/m1/s1. The van der Waals surface area contributed by atoms with Gasteiger partial charge in [0.2, 0.25) is 0 Å². The third-order valence-electron chi connectivity index (χ3n) is 3.97. The van der Waals surface area contributed by atoms with Crippen molar-refractivity contribution in [3.63, 3.8) is 0 Å². The van der Waals surface area contributed by atoms with Gasteiger partial charge in [0.25, 0.3) is 5.91 Å². The predicted molar refractivity (Wildman–Crippen MR) is 88.8 cm³/mol. The first-order chi connectivity index (χ1) is 11.2. The maximum Gasteiger partial charge on any atom is 0.254 e. The molecular formula is C19H21NO3. The Morgan fingerprint density at radius 1 is 1.17 bits per heavy atom. The Hall–Kier alpha value is -2.33. The molecule has 0 radical (unpaired) electrons. The predicted octanol–water partition coefficient (Wildman–Crippen LogP) is 2.92. The van der Waals surface area contributed by atoms with Crippen molar-refractivity contribution in [3.8, 4) is 5.75 Å². The number of carbonyl (C=O) groups excluding carboxylic acids is 1. The fraction of sp³-hybridized carbons (Fsp3) is 0.316. The molecule has 1 aliphatic rings. The van der Waals surface area contributed by atoms with Gasteiger partial charge in [0.05, 0.1) is 13.2 Å². The Kier molecular flexibility index (Phi) is 4.93. The summed E-state index contributed by atoms with van der Waals surface area (Å²) in [5.74, 6) is 0.914. The van der Waals surface area contributed by atoms with E-state index >= 15 is 0 Å². The lowest BCUT2D eigenvalue weighted by Crippen LogP contribution is -2.47. The molecule has 0 spiro atoms. The number of hydrogen-bond acceptors (Lipinski definition) is 3. The second kappa shape index (κ2) is 7.29. The summed E-state index contributed by atoms with van der Waals surface area (Å²) in [6.45, 7) is 4.18. The zero-order chi connectivity index (χ0) is 16.1. The molecule has 1 aliphatic heterocycles. The number of para-hydroxylation sites is 1. The van der Waals surface area contributed by atoms with Gasteiger partial charge in [-0.3, -0.25) is 4.79 Å². The van der Waals surface area contributed by atoms with E-state index in [-0.39, 0.29) is 12.0 Å². The largest absolute Gasteiger partial charge is 0.491 e. The van der Waals surface area contributed by atoms with Crippen LogP contribution >= 0.6 is 0 Å². The maximum atomic E-state index is 12.5. The van der Waals surface area contributed by atoms with Crippen LogP contribution in [0.5, 0.6) is 5.75 Å². The first kappa shape index (κ1) is 15.6. The zero-order valence-corrected chi connectivity index (χ0v) is 13.3. The van der Waals surface area contributed by atoms with E-state index in [1.54, 1.807) is 0 Å². The van der Waals surface area contributed by atoms with Gasteiger partial charge in [0.1, 0.15) is 18.5 Å². The number of rotatable bonds is 4. The van der Waals surface area contributed by atoms with Crippen LogP contribution in [0.1, 0.15) is 15.9 Å². The Morgan fingerprint density at radius 3 is 2.70 bits per heavy atom. The second-order valence-electron chi connectivity index (χ2n) is 5.69. The lowest BCUT2D eigenvalue weighted by atomic mass is 10.1. The minimum atomic E-state index is -0.101. The maximum absolute atomic E-state index is 12.5. The minimum absolute atomic E-state index is 0.0507. The Labute approximate surface area is 136 Å². The highest BCUT2D eigenvalue weighted by atomic mass is 16.5. The molecule has 4 nitrogen and oxygen atoms in total. The van der Waals surface area contributed by atoms with E-state index in [0.717, 1.165) is 11.3 Å². The highest BCUT2D eigenvalue weighted by molar-refractivity contribution is 5.94. The van der Waals surface area contributed by atoms with Crippen LogP contribution in [0.4, 0.5) is 0 Å². The number of hydrogen-bond donors (Lipinski definition) is 0. The van der Waals surface area contributed by atoms with Crippen molar-refractivity contribution in [2.24, 2.45) is 0 Å². The van der Waals surface area contributed by atoms with Crippen LogP contribution in [0.25, 0.3) is 0 Å².